The van der Waals surface area contributed by atoms with Gasteiger partial charge in [0.15, 0.2) is 0 Å². The van der Waals surface area contributed by atoms with Crippen LogP contribution < -0.4 is 5.32 Å². The van der Waals surface area contributed by atoms with Gasteiger partial charge in [-0.05, 0) is 59.8 Å². The van der Waals surface area contributed by atoms with Crippen LogP contribution in [0, 0.1) is 5.82 Å². The number of nitrogens with one attached hydrogen (secondary N) is 1. The van der Waals surface area contributed by atoms with Crippen LogP contribution in [-0.2, 0) is 0 Å². The number of carbonyl (C=O) groups is 1. The molecule has 0 aliphatic heterocycles. The van der Waals surface area contributed by atoms with Crippen molar-refractivity contribution in [2.75, 3.05) is 6.54 Å². The molecular formula is C14H15BrFNO. The van der Waals surface area contributed by atoms with Gasteiger partial charge in [0, 0.05) is 12.1 Å². The zero-order valence-corrected chi connectivity index (χ0v) is 11.6. The highest BCUT2D eigenvalue weighted by molar-refractivity contribution is 9.10. The number of hydrogen-bond donors (Lipinski definition) is 1. The molecule has 0 saturated carbocycles. The van der Waals surface area contributed by atoms with Gasteiger partial charge in [-0.15, -0.1) is 0 Å². The Morgan fingerprint density at radius 2 is 2.28 bits per heavy atom. The average molecular weight is 312 g/mol. The Kier molecular flexibility index (Phi) is 4.53. The minimum Gasteiger partial charge on any atom is -0.352 e. The van der Waals surface area contributed by atoms with Crippen molar-refractivity contribution in [2.24, 2.45) is 0 Å². The predicted molar refractivity (Wildman–Crippen MR) is 73.0 cm³/mol. The molecule has 0 atom stereocenters. The number of amides is 1. The molecule has 18 heavy (non-hydrogen) atoms. The van der Waals surface area contributed by atoms with Gasteiger partial charge >= 0.3 is 0 Å². The molecule has 0 saturated heterocycles. The molecule has 1 amide bonds. The molecule has 1 aliphatic rings. The minimum atomic E-state index is -0.359. The number of hydrogen-bond acceptors (Lipinski definition) is 1. The summed E-state index contributed by atoms with van der Waals surface area (Å²) in [5.41, 5.74) is 1.90. The highest BCUT2D eigenvalue weighted by atomic mass is 79.9. The Hall–Kier alpha value is -1.16. The Balaban J connectivity index is 1.85. The third kappa shape index (κ3) is 3.42. The second kappa shape index (κ2) is 6.14. The Bertz CT molecular complexity index is 485. The maximum Gasteiger partial charge on any atom is 0.251 e. The summed E-state index contributed by atoms with van der Waals surface area (Å²) in [4.78, 5) is 11.8. The zero-order chi connectivity index (χ0) is 13.0. The van der Waals surface area contributed by atoms with E-state index < -0.39 is 0 Å². The second-order valence-corrected chi connectivity index (χ2v) is 5.24. The van der Waals surface area contributed by atoms with Crippen LogP contribution in [0.2, 0.25) is 0 Å². The van der Waals surface area contributed by atoms with E-state index >= 15 is 0 Å². The van der Waals surface area contributed by atoms with E-state index in [1.165, 1.54) is 30.2 Å². The monoisotopic (exact) mass is 311 g/mol. The van der Waals surface area contributed by atoms with E-state index in [1.807, 2.05) is 0 Å². The van der Waals surface area contributed by atoms with Crippen molar-refractivity contribution in [3.05, 3.63) is 45.7 Å². The fourth-order valence-corrected chi connectivity index (χ4v) is 2.42. The van der Waals surface area contributed by atoms with Crippen LogP contribution in [0.4, 0.5) is 4.39 Å². The molecule has 0 radical (unpaired) electrons. The van der Waals surface area contributed by atoms with Crippen molar-refractivity contribution in [2.45, 2.75) is 25.7 Å². The molecule has 4 heteroatoms. The van der Waals surface area contributed by atoms with E-state index in [4.69, 9.17) is 0 Å². The standard InChI is InChI=1S/C14H15BrFNO/c15-12-9-11(5-6-13(12)16)14(18)17-8-7-10-3-1-2-4-10/h3,5-6,9H,1-2,4,7-8H2,(H,17,18). The van der Waals surface area contributed by atoms with Crippen LogP contribution in [-0.4, -0.2) is 12.5 Å². The fourth-order valence-electron chi connectivity index (χ4n) is 2.04. The van der Waals surface area contributed by atoms with Gasteiger partial charge in [0.2, 0.25) is 0 Å². The summed E-state index contributed by atoms with van der Waals surface area (Å²) < 4.78 is 13.3. The molecule has 0 unspecified atom stereocenters. The summed E-state index contributed by atoms with van der Waals surface area (Å²) in [7, 11) is 0. The molecule has 1 aromatic rings. The molecule has 1 aliphatic carbocycles. The second-order valence-electron chi connectivity index (χ2n) is 4.39. The smallest absolute Gasteiger partial charge is 0.251 e. The first-order chi connectivity index (χ1) is 8.66. The number of benzene rings is 1. The Labute approximate surface area is 114 Å². The van der Waals surface area contributed by atoms with Gasteiger partial charge in [0.1, 0.15) is 5.82 Å². The van der Waals surface area contributed by atoms with Crippen molar-refractivity contribution in [1.82, 2.24) is 5.32 Å². The van der Waals surface area contributed by atoms with Gasteiger partial charge in [-0.25, -0.2) is 4.39 Å². The summed E-state index contributed by atoms with van der Waals surface area (Å²) in [5.74, 6) is -0.517. The van der Waals surface area contributed by atoms with Crippen LogP contribution in [0.1, 0.15) is 36.0 Å². The van der Waals surface area contributed by atoms with Crippen LogP contribution >= 0.6 is 15.9 Å². The first-order valence-corrected chi connectivity index (χ1v) is 6.87. The lowest BCUT2D eigenvalue weighted by Gasteiger charge is -2.06. The van der Waals surface area contributed by atoms with Crippen molar-refractivity contribution >= 4 is 21.8 Å². The number of rotatable bonds is 4. The van der Waals surface area contributed by atoms with Gasteiger partial charge in [-0.1, -0.05) is 11.6 Å². The Morgan fingerprint density at radius 3 is 2.94 bits per heavy atom. The first kappa shape index (κ1) is 13.3. The van der Waals surface area contributed by atoms with Crippen molar-refractivity contribution in [3.8, 4) is 0 Å². The number of halogens is 2. The van der Waals surface area contributed by atoms with Gasteiger partial charge < -0.3 is 5.32 Å². The maximum atomic E-state index is 13.0. The molecular weight excluding hydrogens is 297 g/mol. The molecule has 0 heterocycles. The molecule has 0 aromatic heterocycles. The summed E-state index contributed by atoms with van der Waals surface area (Å²) >= 11 is 3.07. The van der Waals surface area contributed by atoms with Crippen molar-refractivity contribution < 1.29 is 9.18 Å². The summed E-state index contributed by atoms with van der Waals surface area (Å²) in [6, 6.07) is 4.28. The van der Waals surface area contributed by atoms with Gasteiger partial charge in [0.05, 0.1) is 4.47 Å². The van der Waals surface area contributed by atoms with Gasteiger partial charge in [-0.3, -0.25) is 4.79 Å². The molecule has 1 aromatic carbocycles. The quantitative estimate of drug-likeness (QED) is 0.842. The van der Waals surface area contributed by atoms with Crippen LogP contribution in [0.25, 0.3) is 0 Å². The molecule has 2 rings (SSSR count). The van der Waals surface area contributed by atoms with Crippen LogP contribution in [0.3, 0.4) is 0 Å². The summed E-state index contributed by atoms with van der Waals surface area (Å²) in [5, 5.41) is 2.85. The zero-order valence-electron chi connectivity index (χ0n) is 10.0. The highest BCUT2D eigenvalue weighted by Crippen LogP contribution is 2.20. The van der Waals surface area contributed by atoms with Gasteiger partial charge in [0.25, 0.3) is 5.91 Å². The van der Waals surface area contributed by atoms with Crippen LogP contribution in [0.15, 0.2) is 34.3 Å². The predicted octanol–water partition coefficient (Wildman–Crippen LogP) is 3.82. The largest absolute Gasteiger partial charge is 0.352 e. The number of carbonyl (C=O) groups excluding carboxylic acids is 1. The third-order valence-corrected chi connectivity index (χ3v) is 3.66. The molecule has 0 spiro atoms. The topological polar surface area (TPSA) is 29.1 Å². The van der Waals surface area contributed by atoms with E-state index in [1.54, 1.807) is 0 Å². The normalized spacial score (nSPS) is 14.4. The lowest BCUT2D eigenvalue weighted by atomic mass is 10.1. The Morgan fingerprint density at radius 1 is 1.44 bits per heavy atom. The van der Waals surface area contributed by atoms with Gasteiger partial charge in [-0.2, -0.15) is 0 Å². The highest BCUT2D eigenvalue weighted by Gasteiger charge is 2.09. The molecule has 1 N–H and O–H groups in total. The molecule has 0 fully saturated rings. The molecule has 2 nitrogen and oxygen atoms in total. The van der Waals surface area contributed by atoms with E-state index in [0.717, 1.165) is 19.3 Å². The lowest BCUT2D eigenvalue weighted by Crippen LogP contribution is -2.24. The molecule has 0 bridgehead atoms. The molecule has 96 valence electrons. The third-order valence-electron chi connectivity index (χ3n) is 3.05. The maximum absolute atomic E-state index is 13.0. The van der Waals surface area contributed by atoms with E-state index in [0.29, 0.717) is 16.6 Å². The summed E-state index contributed by atoms with van der Waals surface area (Å²) in [6.07, 6.45) is 6.70. The minimum absolute atomic E-state index is 0.158. The summed E-state index contributed by atoms with van der Waals surface area (Å²) in [6.45, 7) is 0.639. The van der Waals surface area contributed by atoms with Crippen LogP contribution in [0.5, 0.6) is 0 Å². The van der Waals surface area contributed by atoms with E-state index in [-0.39, 0.29) is 11.7 Å². The number of allylic oxidation sites excluding steroid dienone is 1. The van der Waals surface area contributed by atoms with E-state index in [2.05, 4.69) is 27.3 Å². The average Bonchev–Trinajstić information content (AvgIpc) is 2.85. The van der Waals surface area contributed by atoms with Crippen molar-refractivity contribution in [3.63, 3.8) is 0 Å². The van der Waals surface area contributed by atoms with Crippen molar-refractivity contribution in [1.29, 1.82) is 0 Å². The fraction of sp³-hybridized carbons (Fsp3) is 0.357. The SMILES string of the molecule is O=C(NCCC1=CCCC1)c1ccc(F)c(Br)c1. The van der Waals surface area contributed by atoms with E-state index in [9.17, 15) is 9.18 Å². The first-order valence-electron chi connectivity index (χ1n) is 6.08. The lowest BCUT2D eigenvalue weighted by molar-refractivity contribution is 0.0954.